The number of hydrogen-bond acceptors (Lipinski definition) is 6. The van der Waals surface area contributed by atoms with Gasteiger partial charge >= 0.3 is 0 Å². The van der Waals surface area contributed by atoms with Crippen molar-refractivity contribution < 1.29 is 19.1 Å². The Morgan fingerprint density at radius 2 is 1.83 bits per heavy atom. The Balaban J connectivity index is 1.49. The summed E-state index contributed by atoms with van der Waals surface area (Å²) in [7, 11) is 0. The minimum absolute atomic E-state index is 0.190. The van der Waals surface area contributed by atoms with Crippen LogP contribution < -0.4 is 20.5 Å². The molecule has 2 heterocycles. The molecule has 1 aromatic heterocycles. The Labute approximate surface area is 182 Å². The molecule has 1 aliphatic rings. The Hall–Kier alpha value is -2.97. The average molecular weight is 441 g/mol. The van der Waals surface area contributed by atoms with E-state index in [-0.39, 0.29) is 11.7 Å². The highest BCUT2D eigenvalue weighted by molar-refractivity contribution is 8.00. The summed E-state index contributed by atoms with van der Waals surface area (Å²) in [4.78, 5) is 26.6. The van der Waals surface area contributed by atoms with Crippen molar-refractivity contribution in [2.75, 3.05) is 24.3 Å². The fraction of sp³-hybridized carbons (Fsp3) is 0.182. The second-order valence-electron chi connectivity index (χ2n) is 6.61. The van der Waals surface area contributed by atoms with Crippen LogP contribution in [-0.4, -0.2) is 30.8 Å². The van der Waals surface area contributed by atoms with E-state index in [2.05, 4.69) is 5.32 Å². The number of hydrogen-bond donors (Lipinski definition) is 2. The molecule has 1 aliphatic heterocycles. The number of nitrogens with two attached hydrogens (primary N) is 1. The lowest BCUT2D eigenvalue weighted by molar-refractivity contribution is -0.113. The van der Waals surface area contributed by atoms with Gasteiger partial charge in [-0.15, -0.1) is 23.1 Å². The normalized spacial score (nSPS) is 12.4. The number of benzene rings is 2. The standard InChI is InChI=1S/C22H20N2O4S2/c1-13-19(14-5-3-2-4-6-14)20(21(23)26)22(30-13)24-18(25)12-29-15-7-8-16-17(11-15)28-10-9-27-16/h2-8,11H,9-10,12H2,1H3,(H2,23,26)(H,24,25). The summed E-state index contributed by atoms with van der Waals surface area (Å²) in [5.74, 6) is 0.814. The lowest BCUT2D eigenvalue weighted by atomic mass is 10.0. The third kappa shape index (κ3) is 4.29. The zero-order chi connectivity index (χ0) is 21.1. The molecule has 4 rings (SSSR count). The summed E-state index contributed by atoms with van der Waals surface area (Å²) in [6.07, 6.45) is 0. The number of aryl methyl sites for hydroxylation is 1. The van der Waals surface area contributed by atoms with Crippen LogP contribution in [-0.2, 0) is 4.79 Å². The molecule has 0 radical (unpaired) electrons. The van der Waals surface area contributed by atoms with Crippen LogP contribution in [0.5, 0.6) is 11.5 Å². The topological polar surface area (TPSA) is 90.7 Å². The van der Waals surface area contributed by atoms with Crippen LogP contribution in [0.4, 0.5) is 5.00 Å². The summed E-state index contributed by atoms with van der Waals surface area (Å²) < 4.78 is 11.1. The number of carbonyl (C=O) groups excluding carboxylic acids is 2. The summed E-state index contributed by atoms with van der Waals surface area (Å²) in [6, 6.07) is 15.2. The molecule has 3 N–H and O–H groups in total. The first-order valence-corrected chi connectivity index (χ1v) is 11.1. The number of anilines is 1. The van der Waals surface area contributed by atoms with Crippen LogP contribution in [0.2, 0.25) is 0 Å². The van der Waals surface area contributed by atoms with Crippen molar-refractivity contribution in [3.8, 4) is 22.6 Å². The molecule has 0 bridgehead atoms. The maximum atomic E-state index is 12.6. The highest BCUT2D eigenvalue weighted by Gasteiger charge is 2.22. The Bertz CT molecular complexity index is 1100. The number of fused-ring (bicyclic) bond motifs is 1. The minimum atomic E-state index is -0.562. The minimum Gasteiger partial charge on any atom is -0.486 e. The van der Waals surface area contributed by atoms with E-state index in [4.69, 9.17) is 15.2 Å². The molecule has 0 atom stereocenters. The van der Waals surface area contributed by atoms with Gasteiger partial charge in [0.2, 0.25) is 5.91 Å². The van der Waals surface area contributed by atoms with Gasteiger partial charge in [0.25, 0.3) is 5.91 Å². The molecular formula is C22H20N2O4S2. The molecule has 6 nitrogen and oxygen atoms in total. The van der Waals surface area contributed by atoms with E-state index < -0.39 is 5.91 Å². The molecule has 0 fully saturated rings. The molecule has 0 saturated carbocycles. The average Bonchev–Trinajstić information content (AvgIpc) is 3.08. The maximum Gasteiger partial charge on any atom is 0.252 e. The van der Waals surface area contributed by atoms with Gasteiger partial charge in [0.05, 0.1) is 11.3 Å². The van der Waals surface area contributed by atoms with Gasteiger partial charge in [0, 0.05) is 15.3 Å². The molecule has 8 heteroatoms. The van der Waals surface area contributed by atoms with Crippen molar-refractivity contribution in [1.29, 1.82) is 0 Å². The molecule has 2 amide bonds. The second-order valence-corrected chi connectivity index (χ2v) is 8.88. The van der Waals surface area contributed by atoms with E-state index in [1.807, 2.05) is 55.5 Å². The summed E-state index contributed by atoms with van der Waals surface area (Å²) in [5, 5.41) is 3.34. The van der Waals surface area contributed by atoms with Crippen LogP contribution in [0.15, 0.2) is 53.4 Å². The van der Waals surface area contributed by atoms with E-state index in [9.17, 15) is 9.59 Å². The second kappa shape index (κ2) is 8.81. The van der Waals surface area contributed by atoms with Crippen LogP contribution in [0.25, 0.3) is 11.1 Å². The maximum absolute atomic E-state index is 12.6. The molecule has 2 aromatic carbocycles. The number of thiophene rings is 1. The van der Waals surface area contributed by atoms with Crippen LogP contribution in [0.1, 0.15) is 15.2 Å². The van der Waals surface area contributed by atoms with E-state index in [0.717, 1.165) is 20.9 Å². The number of carbonyl (C=O) groups is 2. The van der Waals surface area contributed by atoms with Crippen molar-refractivity contribution in [3.05, 3.63) is 59.0 Å². The molecule has 154 valence electrons. The molecule has 0 unspecified atom stereocenters. The lowest BCUT2D eigenvalue weighted by Crippen LogP contribution is -2.18. The van der Waals surface area contributed by atoms with Crippen molar-refractivity contribution in [1.82, 2.24) is 0 Å². The van der Waals surface area contributed by atoms with E-state index in [1.165, 1.54) is 23.1 Å². The Morgan fingerprint density at radius 1 is 1.10 bits per heavy atom. The van der Waals surface area contributed by atoms with Crippen LogP contribution >= 0.6 is 23.1 Å². The highest BCUT2D eigenvalue weighted by atomic mass is 32.2. The molecule has 3 aromatic rings. The zero-order valence-electron chi connectivity index (χ0n) is 16.3. The summed E-state index contributed by atoms with van der Waals surface area (Å²) in [6.45, 7) is 2.97. The number of ether oxygens (including phenoxy) is 2. The van der Waals surface area contributed by atoms with Gasteiger partial charge in [-0.05, 0) is 30.7 Å². The third-order valence-corrected chi connectivity index (χ3v) is 6.54. The van der Waals surface area contributed by atoms with Gasteiger partial charge in [-0.25, -0.2) is 0 Å². The number of amides is 2. The van der Waals surface area contributed by atoms with Crippen LogP contribution in [0.3, 0.4) is 0 Å². The van der Waals surface area contributed by atoms with Crippen molar-refractivity contribution in [2.24, 2.45) is 5.73 Å². The molecule has 0 spiro atoms. The predicted molar refractivity (Wildman–Crippen MR) is 120 cm³/mol. The quantitative estimate of drug-likeness (QED) is 0.557. The van der Waals surface area contributed by atoms with Crippen molar-refractivity contribution in [2.45, 2.75) is 11.8 Å². The fourth-order valence-corrected chi connectivity index (χ4v) is 5.07. The first-order valence-electron chi connectivity index (χ1n) is 9.34. The van der Waals surface area contributed by atoms with Gasteiger partial charge in [-0.2, -0.15) is 0 Å². The molecular weight excluding hydrogens is 420 g/mol. The highest BCUT2D eigenvalue weighted by Crippen LogP contribution is 2.40. The predicted octanol–water partition coefficient (Wildman–Crippen LogP) is 4.32. The van der Waals surface area contributed by atoms with Crippen LogP contribution in [0, 0.1) is 6.92 Å². The molecule has 0 saturated heterocycles. The Kier molecular flexibility index (Phi) is 5.96. The number of rotatable bonds is 6. The number of nitrogens with one attached hydrogen (secondary N) is 1. The SMILES string of the molecule is Cc1sc(NC(=O)CSc2ccc3c(c2)OCCO3)c(C(N)=O)c1-c1ccccc1. The van der Waals surface area contributed by atoms with Gasteiger partial charge in [-0.1, -0.05) is 30.3 Å². The molecule has 0 aliphatic carbocycles. The van der Waals surface area contributed by atoms with Crippen molar-refractivity contribution in [3.63, 3.8) is 0 Å². The molecule has 30 heavy (non-hydrogen) atoms. The van der Waals surface area contributed by atoms with E-state index in [1.54, 1.807) is 0 Å². The van der Waals surface area contributed by atoms with Gasteiger partial charge in [0.1, 0.15) is 18.2 Å². The summed E-state index contributed by atoms with van der Waals surface area (Å²) >= 11 is 2.74. The first kappa shape index (κ1) is 20.3. The summed E-state index contributed by atoms with van der Waals surface area (Å²) in [5.41, 5.74) is 7.67. The largest absolute Gasteiger partial charge is 0.486 e. The van der Waals surface area contributed by atoms with Crippen molar-refractivity contribution >= 4 is 39.9 Å². The zero-order valence-corrected chi connectivity index (χ0v) is 17.9. The lowest BCUT2D eigenvalue weighted by Gasteiger charge is -2.18. The monoisotopic (exact) mass is 440 g/mol. The smallest absolute Gasteiger partial charge is 0.252 e. The Morgan fingerprint density at radius 3 is 2.57 bits per heavy atom. The fourth-order valence-electron chi connectivity index (χ4n) is 3.25. The van der Waals surface area contributed by atoms with Gasteiger partial charge in [-0.3, -0.25) is 9.59 Å². The third-order valence-electron chi connectivity index (χ3n) is 4.53. The first-order chi connectivity index (χ1) is 14.5. The number of primary amides is 1. The van der Waals surface area contributed by atoms with Gasteiger partial charge in [0.15, 0.2) is 11.5 Å². The van der Waals surface area contributed by atoms with Gasteiger partial charge < -0.3 is 20.5 Å². The van der Waals surface area contributed by atoms with E-state index in [0.29, 0.717) is 35.3 Å². The number of thioether (sulfide) groups is 1. The van der Waals surface area contributed by atoms with E-state index >= 15 is 0 Å².